The van der Waals surface area contributed by atoms with Gasteiger partial charge in [-0.05, 0) is 36.1 Å². The molecule has 0 saturated heterocycles. The third-order valence-electron chi connectivity index (χ3n) is 2.94. The van der Waals surface area contributed by atoms with Crippen molar-refractivity contribution in [3.05, 3.63) is 68.4 Å². The Labute approximate surface area is 124 Å². The predicted molar refractivity (Wildman–Crippen MR) is 84.2 cm³/mol. The summed E-state index contributed by atoms with van der Waals surface area (Å²) >= 11 is 7.86. The van der Waals surface area contributed by atoms with Crippen molar-refractivity contribution >= 4 is 39.7 Å². The summed E-state index contributed by atoms with van der Waals surface area (Å²) in [6.07, 6.45) is 3.53. The van der Waals surface area contributed by atoms with Crippen LogP contribution < -0.4 is 5.56 Å². The molecule has 5 heteroatoms. The van der Waals surface area contributed by atoms with E-state index >= 15 is 0 Å². The molecular weight excluding hydrogens is 292 g/mol. The van der Waals surface area contributed by atoms with E-state index < -0.39 is 0 Å². The van der Waals surface area contributed by atoms with Crippen LogP contribution in [0.1, 0.15) is 16.1 Å². The molecule has 0 amide bonds. The number of halogens is 1. The van der Waals surface area contributed by atoms with Crippen LogP contribution >= 0.6 is 22.9 Å². The van der Waals surface area contributed by atoms with E-state index in [-0.39, 0.29) is 5.56 Å². The largest absolute Gasteiger partial charge is 0.269 e. The molecule has 0 aliphatic carbocycles. The Morgan fingerprint density at radius 2 is 2.25 bits per heavy atom. The second kappa shape index (κ2) is 5.23. The van der Waals surface area contributed by atoms with Gasteiger partial charge in [0.25, 0.3) is 5.56 Å². The fourth-order valence-electron chi connectivity index (χ4n) is 1.96. The van der Waals surface area contributed by atoms with E-state index in [4.69, 9.17) is 11.6 Å². The van der Waals surface area contributed by atoms with Gasteiger partial charge in [-0.15, -0.1) is 11.3 Å². The van der Waals surface area contributed by atoms with Crippen LogP contribution in [0.25, 0.3) is 16.8 Å². The summed E-state index contributed by atoms with van der Waals surface area (Å²) in [6, 6.07) is 9.12. The molecule has 0 radical (unpaired) electrons. The minimum Gasteiger partial charge on any atom is -0.269 e. The molecule has 0 atom stereocenters. The summed E-state index contributed by atoms with van der Waals surface area (Å²) in [7, 11) is 0. The summed E-state index contributed by atoms with van der Waals surface area (Å²) in [5, 5.41) is 2.44. The maximum atomic E-state index is 12.1. The standard InChI is InChI=1S/C15H11ClN2OS/c1-10-4-2-6-18-14(19)9-13(17-15(10)18)12(16)8-11-5-3-7-20-11/h2-9H,1H3/b12-8-. The molecule has 0 spiro atoms. The highest BCUT2D eigenvalue weighted by Gasteiger charge is 2.07. The summed E-state index contributed by atoms with van der Waals surface area (Å²) in [5.41, 5.74) is 1.94. The normalized spacial score (nSPS) is 12.0. The molecule has 100 valence electrons. The smallest absolute Gasteiger partial charge is 0.258 e. The molecule has 3 aromatic rings. The summed E-state index contributed by atoms with van der Waals surface area (Å²) in [5.74, 6) is 0. The average Bonchev–Trinajstić information content (AvgIpc) is 2.92. The molecule has 0 aliphatic rings. The second-order valence-corrected chi connectivity index (χ2v) is 5.76. The van der Waals surface area contributed by atoms with E-state index in [1.165, 1.54) is 10.5 Å². The van der Waals surface area contributed by atoms with Crippen molar-refractivity contribution in [2.45, 2.75) is 6.92 Å². The topological polar surface area (TPSA) is 34.4 Å². The molecule has 3 heterocycles. The number of aryl methyl sites for hydroxylation is 1. The Morgan fingerprint density at radius 3 is 3.00 bits per heavy atom. The van der Waals surface area contributed by atoms with Gasteiger partial charge in [-0.1, -0.05) is 23.7 Å². The zero-order valence-electron chi connectivity index (χ0n) is 10.7. The van der Waals surface area contributed by atoms with Gasteiger partial charge < -0.3 is 0 Å². The van der Waals surface area contributed by atoms with Crippen LogP contribution in [0.4, 0.5) is 0 Å². The first-order valence-electron chi connectivity index (χ1n) is 6.05. The zero-order valence-corrected chi connectivity index (χ0v) is 12.3. The number of fused-ring (bicyclic) bond motifs is 1. The van der Waals surface area contributed by atoms with Crippen LogP contribution in [0, 0.1) is 6.92 Å². The highest BCUT2D eigenvalue weighted by molar-refractivity contribution is 7.11. The van der Waals surface area contributed by atoms with E-state index in [1.807, 2.05) is 42.6 Å². The molecular formula is C15H11ClN2OS. The van der Waals surface area contributed by atoms with Gasteiger partial charge in [0, 0.05) is 17.1 Å². The monoisotopic (exact) mass is 302 g/mol. The van der Waals surface area contributed by atoms with Gasteiger partial charge >= 0.3 is 0 Å². The van der Waals surface area contributed by atoms with Gasteiger partial charge in [0.05, 0.1) is 10.7 Å². The van der Waals surface area contributed by atoms with Gasteiger partial charge in [0.1, 0.15) is 5.65 Å². The lowest BCUT2D eigenvalue weighted by atomic mass is 10.2. The summed E-state index contributed by atoms with van der Waals surface area (Å²) in [4.78, 5) is 17.6. The molecule has 0 fully saturated rings. The third kappa shape index (κ3) is 2.40. The first kappa shape index (κ1) is 13.1. The van der Waals surface area contributed by atoms with Crippen LogP contribution in [0.5, 0.6) is 0 Å². The first-order valence-corrected chi connectivity index (χ1v) is 7.31. The van der Waals surface area contributed by atoms with Gasteiger partial charge in [0.2, 0.25) is 0 Å². The number of nitrogens with zero attached hydrogens (tertiary/aromatic N) is 2. The van der Waals surface area contributed by atoms with Gasteiger partial charge in [-0.3, -0.25) is 9.20 Å². The van der Waals surface area contributed by atoms with Gasteiger partial charge in [0.15, 0.2) is 0 Å². The number of hydrogen-bond donors (Lipinski definition) is 0. The summed E-state index contributed by atoms with van der Waals surface area (Å²) in [6.45, 7) is 1.92. The van der Waals surface area contributed by atoms with Crippen molar-refractivity contribution in [3.63, 3.8) is 0 Å². The van der Waals surface area contributed by atoms with Gasteiger partial charge in [-0.25, -0.2) is 4.98 Å². The fraction of sp³-hybridized carbons (Fsp3) is 0.0667. The molecule has 3 aromatic heterocycles. The highest BCUT2D eigenvalue weighted by Crippen LogP contribution is 2.22. The van der Waals surface area contributed by atoms with Crippen molar-refractivity contribution in [2.75, 3.05) is 0 Å². The quantitative estimate of drug-likeness (QED) is 0.721. The van der Waals surface area contributed by atoms with Crippen LogP contribution in [-0.4, -0.2) is 9.38 Å². The Morgan fingerprint density at radius 1 is 1.40 bits per heavy atom. The molecule has 3 rings (SSSR count). The zero-order chi connectivity index (χ0) is 14.1. The van der Waals surface area contributed by atoms with E-state index in [0.717, 1.165) is 10.4 Å². The number of pyridine rings is 1. The van der Waals surface area contributed by atoms with Crippen LogP contribution in [0.2, 0.25) is 0 Å². The molecule has 0 aromatic carbocycles. The van der Waals surface area contributed by atoms with Crippen LogP contribution in [0.15, 0.2) is 46.7 Å². The Kier molecular flexibility index (Phi) is 3.42. The minimum absolute atomic E-state index is 0.133. The molecule has 20 heavy (non-hydrogen) atoms. The van der Waals surface area contributed by atoms with Crippen molar-refractivity contribution in [1.82, 2.24) is 9.38 Å². The van der Waals surface area contributed by atoms with Crippen LogP contribution in [-0.2, 0) is 0 Å². The number of hydrogen-bond acceptors (Lipinski definition) is 3. The first-order chi connectivity index (χ1) is 9.65. The molecule has 0 bridgehead atoms. The SMILES string of the molecule is Cc1cccn2c(=O)cc(/C(Cl)=C/c3cccs3)nc12. The van der Waals surface area contributed by atoms with E-state index in [2.05, 4.69) is 4.98 Å². The second-order valence-electron chi connectivity index (χ2n) is 4.37. The van der Waals surface area contributed by atoms with E-state index in [9.17, 15) is 4.79 Å². The van der Waals surface area contributed by atoms with E-state index in [1.54, 1.807) is 17.5 Å². The Balaban J connectivity index is 2.18. The molecule has 3 nitrogen and oxygen atoms in total. The Bertz CT molecular complexity index is 850. The molecule has 0 aliphatic heterocycles. The number of thiophene rings is 1. The van der Waals surface area contributed by atoms with Gasteiger partial charge in [-0.2, -0.15) is 0 Å². The lowest BCUT2D eigenvalue weighted by Gasteiger charge is -2.05. The average molecular weight is 303 g/mol. The van der Waals surface area contributed by atoms with Crippen LogP contribution in [0.3, 0.4) is 0 Å². The lowest BCUT2D eigenvalue weighted by Crippen LogP contribution is -2.15. The number of rotatable bonds is 2. The number of aromatic nitrogens is 2. The molecule has 0 saturated carbocycles. The Hall–Kier alpha value is -1.91. The summed E-state index contributed by atoms with van der Waals surface area (Å²) < 4.78 is 1.52. The van der Waals surface area contributed by atoms with Crippen molar-refractivity contribution < 1.29 is 0 Å². The molecule has 0 N–H and O–H groups in total. The molecule has 0 unspecified atom stereocenters. The fourth-order valence-corrected chi connectivity index (χ4v) is 2.89. The maximum absolute atomic E-state index is 12.1. The minimum atomic E-state index is -0.133. The maximum Gasteiger partial charge on any atom is 0.258 e. The third-order valence-corrected chi connectivity index (χ3v) is 4.07. The van der Waals surface area contributed by atoms with E-state index in [0.29, 0.717) is 16.4 Å². The van der Waals surface area contributed by atoms with Crippen molar-refractivity contribution in [1.29, 1.82) is 0 Å². The lowest BCUT2D eigenvalue weighted by molar-refractivity contribution is 1.02. The highest BCUT2D eigenvalue weighted by atomic mass is 35.5. The predicted octanol–water partition coefficient (Wildman–Crippen LogP) is 3.80. The van der Waals surface area contributed by atoms with Crippen molar-refractivity contribution in [3.8, 4) is 0 Å². The van der Waals surface area contributed by atoms with Crippen molar-refractivity contribution in [2.24, 2.45) is 0 Å².